The van der Waals surface area contributed by atoms with Gasteiger partial charge in [-0.2, -0.15) is 0 Å². The lowest BCUT2D eigenvalue weighted by Gasteiger charge is -2.20. The maximum Gasteiger partial charge on any atom is 0.320 e. The Bertz CT molecular complexity index is 352. The average Bonchev–Trinajstić information content (AvgIpc) is 2.60. The van der Waals surface area contributed by atoms with Crippen molar-refractivity contribution in [3.05, 3.63) is 12.2 Å². The van der Waals surface area contributed by atoms with Crippen LogP contribution in [0.2, 0.25) is 0 Å². The lowest BCUT2D eigenvalue weighted by Crippen LogP contribution is -2.36. The van der Waals surface area contributed by atoms with E-state index in [1.807, 2.05) is 26.0 Å². The average molecular weight is 194 g/mol. The fourth-order valence-electron chi connectivity index (χ4n) is 2.84. The molecular weight excluding hydrogens is 184 g/mol. The standard InChI is InChI=1S/C10H10O4/c1-9-3-4-10(2,14-9)6-5(9)7(11)13-8(6)12/h3-6H,1-2H3/t5-,6+,9-,10+. The zero-order chi connectivity index (χ0) is 10.1. The molecule has 0 radical (unpaired) electrons. The Balaban J connectivity index is 2.18. The molecule has 4 nitrogen and oxygen atoms in total. The minimum atomic E-state index is -0.650. The summed E-state index contributed by atoms with van der Waals surface area (Å²) in [7, 11) is 0. The number of carbonyl (C=O) groups excluding carboxylic acids is 2. The molecule has 4 heteroatoms. The fraction of sp³-hybridized carbons (Fsp3) is 0.600. The van der Waals surface area contributed by atoms with Crippen molar-refractivity contribution in [3.63, 3.8) is 0 Å². The molecule has 2 fully saturated rings. The molecule has 2 bridgehead atoms. The molecule has 0 aliphatic carbocycles. The number of fused-ring (bicyclic) bond motifs is 5. The van der Waals surface area contributed by atoms with Crippen molar-refractivity contribution in [1.29, 1.82) is 0 Å². The Morgan fingerprint density at radius 1 is 1.07 bits per heavy atom. The molecular formula is C10H10O4. The minimum Gasteiger partial charge on any atom is -0.393 e. The highest BCUT2D eigenvalue weighted by molar-refractivity contribution is 5.99. The van der Waals surface area contributed by atoms with Crippen molar-refractivity contribution in [2.75, 3.05) is 0 Å². The maximum atomic E-state index is 11.4. The van der Waals surface area contributed by atoms with Crippen LogP contribution in [0.25, 0.3) is 0 Å². The van der Waals surface area contributed by atoms with Crippen molar-refractivity contribution < 1.29 is 19.1 Å². The molecule has 74 valence electrons. The molecule has 0 aromatic rings. The first kappa shape index (κ1) is 8.17. The van der Waals surface area contributed by atoms with Gasteiger partial charge in [-0.3, -0.25) is 9.59 Å². The molecule has 3 aliphatic heterocycles. The lowest BCUT2D eigenvalue weighted by molar-refractivity contribution is -0.160. The second-order valence-corrected chi connectivity index (χ2v) is 4.50. The monoisotopic (exact) mass is 194 g/mol. The zero-order valence-corrected chi connectivity index (χ0v) is 7.94. The molecule has 0 amide bonds. The van der Waals surface area contributed by atoms with Crippen molar-refractivity contribution in [2.24, 2.45) is 11.8 Å². The van der Waals surface area contributed by atoms with Gasteiger partial charge in [0.25, 0.3) is 0 Å². The van der Waals surface area contributed by atoms with Gasteiger partial charge in [0.05, 0.1) is 11.2 Å². The van der Waals surface area contributed by atoms with E-state index in [1.165, 1.54) is 0 Å². The molecule has 0 aromatic heterocycles. The van der Waals surface area contributed by atoms with E-state index in [0.29, 0.717) is 0 Å². The van der Waals surface area contributed by atoms with Crippen LogP contribution in [-0.2, 0) is 19.1 Å². The van der Waals surface area contributed by atoms with Crippen LogP contribution in [0.4, 0.5) is 0 Å². The van der Waals surface area contributed by atoms with Gasteiger partial charge in [0.15, 0.2) is 0 Å². The van der Waals surface area contributed by atoms with Crippen LogP contribution < -0.4 is 0 Å². The molecule has 0 spiro atoms. The third kappa shape index (κ3) is 0.661. The topological polar surface area (TPSA) is 52.6 Å². The van der Waals surface area contributed by atoms with Gasteiger partial charge in [0.1, 0.15) is 11.8 Å². The number of cyclic esters (lactones) is 2. The predicted molar refractivity (Wildman–Crippen MR) is 45.1 cm³/mol. The summed E-state index contributed by atoms with van der Waals surface area (Å²) in [5, 5.41) is 0. The third-order valence-corrected chi connectivity index (χ3v) is 3.46. The Hall–Kier alpha value is -1.16. The van der Waals surface area contributed by atoms with Crippen molar-refractivity contribution >= 4 is 11.9 Å². The van der Waals surface area contributed by atoms with Gasteiger partial charge in [0.2, 0.25) is 0 Å². The van der Waals surface area contributed by atoms with Gasteiger partial charge >= 0.3 is 11.9 Å². The maximum absolute atomic E-state index is 11.4. The van der Waals surface area contributed by atoms with Crippen LogP contribution >= 0.6 is 0 Å². The normalized spacial score (nSPS) is 53.9. The molecule has 3 heterocycles. The third-order valence-electron chi connectivity index (χ3n) is 3.46. The van der Waals surface area contributed by atoms with Gasteiger partial charge in [-0.1, -0.05) is 12.2 Å². The first-order valence-electron chi connectivity index (χ1n) is 4.62. The lowest BCUT2D eigenvalue weighted by atomic mass is 9.73. The van der Waals surface area contributed by atoms with Gasteiger partial charge in [0, 0.05) is 0 Å². The molecule has 0 aromatic carbocycles. The van der Waals surface area contributed by atoms with Crippen molar-refractivity contribution in [2.45, 2.75) is 25.0 Å². The van der Waals surface area contributed by atoms with Crippen LogP contribution in [0.15, 0.2) is 12.2 Å². The van der Waals surface area contributed by atoms with E-state index in [0.717, 1.165) is 0 Å². The Morgan fingerprint density at radius 3 is 1.93 bits per heavy atom. The summed E-state index contributed by atoms with van der Waals surface area (Å²) in [5.74, 6) is -1.80. The van der Waals surface area contributed by atoms with Gasteiger partial charge in [-0.05, 0) is 13.8 Å². The summed E-state index contributed by atoms with van der Waals surface area (Å²) in [4.78, 5) is 22.9. The largest absolute Gasteiger partial charge is 0.393 e. The van der Waals surface area contributed by atoms with Crippen LogP contribution in [-0.4, -0.2) is 23.1 Å². The van der Waals surface area contributed by atoms with Gasteiger partial charge < -0.3 is 9.47 Å². The summed E-state index contributed by atoms with van der Waals surface area (Å²) in [6.07, 6.45) is 3.71. The number of ether oxygens (including phenoxy) is 2. The zero-order valence-electron chi connectivity index (χ0n) is 7.94. The second kappa shape index (κ2) is 1.93. The molecule has 3 aliphatic rings. The number of carbonyl (C=O) groups is 2. The molecule has 0 N–H and O–H groups in total. The Labute approximate surface area is 80.9 Å². The summed E-state index contributed by atoms with van der Waals surface area (Å²) in [6.45, 7) is 3.64. The highest BCUT2D eigenvalue weighted by Gasteiger charge is 2.69. The van der Waals surface area contributed by atoms with E-state index in [4.69, 9.17) is 4.74 Å². The quantitative estimate of drug-likeness (QED) is 0.318. The number of rotatable bonds is 0. The van der Waals surface area contributed by atoms with Crippen LogP contribution in [0.3, 0.4) is 0 Å². The van der Waals surface area contributed by atoms with Crippen LogP contribution in [0, 0.1) is 11.8 Å². The van der Waals surface area contributed by atoms with Crippen LogP contribution in [0.1, 0.15) is 13.8 Å². The van der Waals surface area contributed by atoms with Gasteiger partial charge in [-0.25, -0.2) is 0 Å². The summed E-state index contributed by atoms with van der Waals surface area (Å²) in [5.41, 5.74) is -1.30. The molecule has 3 rings (SSSR count). The van der Waals surface area contributed by atoms with Crippen molar-refractivity contribution in [1.82, 2.24) is 0 Å². The van der Waals surface area contributed by atoms with Gasteiger partial charge in [-0.15, -0.1) is 0 Å². The highest BCUT2D eigenvalue weighted by Crippen LogP contribution is 2.56. The Kier molecular flexibility index (Phi) is 1.13. The van der Waals surface area contributed by atoms with Crippen LogP contribution in [0.5, 0.6) is 0 Å². The summed E-state index contributed by atoms with van der Waals surface area (Å²) < 4.78 is 10.4. The number of esters is 2. The van der Waals surface area contributed by atoms with E-state index in [1.54, 1.807) is 0 Å². The van der Waals surface area contributed by atoms with E-state index in [9.17, 15) is 9.59 Å². The summed E-state index contributed by atoms with van der Waals surface area (Å²) in [6, 6.07) is 0. The molecule has 2 saturated heterocycles. The molecule has 14 heavy (non-hydrogen) atoms. The van der Waals surface area contributed by atoms with E-state index < -0.39 is 35.0 Å². The summed E-state index contributed by atoms with van der Waals surface area (Å²) >= 11 is 0. The molecule has 0 saturated carbocycles. The first-order valence-corrected chi connectivity index (χ1v) is 4.62. The fourth-order valence-corrected chi connectivity index (χ4v) is 2.84. The smallest absolute Gasteiger partial charge is 0.320 e. The van der Waals surface area contributed by atoms with E-state index in [2.05, 4.69) is 4.74 Å². The van der Waals surface area contributed by atoms with Crippen molar-refractivity contribution in [3.8, 4) is 0 Å². The second-order valence-electron chi connectivity index (χ2n) is 4.50. The minimum absolute atomic E-state index is 0.449. The molecule has 4 atom stereocenters. The van der Waals surface area contributed by atoms with E-state index >= 15 is 0 Å². The highest BCUT2D eigenvalue weighted by atomic mass is 16.6. The SMILES string of the molecule is C[C@]12C=C[C@](C)(O1)[C@@H]1C(=O)OC(=O)[C@@H]12. The molecule has 0 unspecified atom stereocenters. The first-order chi connectivity index (χ1) is 6.46. The van der Waals surface area contributed by atoms with E-state index in [-0.39, 0.29) is 0 Å². The number of hydrogen-bond donors (Lipinski definition) is 0. The number of hydrogen-bond acceptors (Lipinski definition) is 4. The predicted octanol–water partition coefficient (Wildman–Crippen LogP) is 0.420. The Morgan fingerprint density at radius 2 is 1.50 bits per heavy atom.